The standard InChI is InChI=1S/C9H22N4O2/c1-8(2)10-6-5-7-12(9(3)4)13(15)11-14/h8-10,14H,5-7H2,1-4H3/b13-11+. The van der Waals surface area contributed by atoms with Crippen LogP contribution in [0.3, 0.4) is 0 Å². The van der Waals surface area contributed by atoms with Gasteiger partial charge in [0, 0.05) is 6.04 Å². The van der Waals surface area contributed by atoms with E-state index in [0.717, 1.165) is 13.0 Å². The third-order valence-electron chi connectivity index (χ3n) is 2.01. The minimum atomic E-state index is 0.0254. The van der Waals surface area contributed by atoms with Gasteiger partial charge in [-0.2, -0.15) is 0 Å². The van der Waals surface area contributed by atoms with Gasteiger partial charge >= 0.3 is 0 Å². The zero-order chi connectivity index (χ0) is 11.8. The maximum Gasteiger partial charge on any atom is 0.230 e. The minimum absolute atomic E-state index is 0.0254. The first kappa shape index (κ1) is 14.0. The van der Waals surface area contributed by atoms with Crippen LogP contribution in [-0.2, 0) is 0 Å². The quantitative estimate of drug-likeness (QED) is 0.293. The molecule has 6 heteroatoms. The van der Waals surface area contributed by atoms with Gasteiger partial charge in [-0.25, -0.2) is 0 Å². The summed E-state index contributed by atoms with van der Waals surface area (Å²) in [6.45, 7) is 9.33. The van der Waals surface area contributed by atoms with E-state index in [2.05, 4.69) is 24.4 Å². The van der Waals surface area contributed by atoms with Crippen LogP contribution < -0.4 is 5.32 Å². The molecule has 0 spiro atoms. The maximum absolute atomic E-state index is 11.1. The molecule has 2 N–H and O–H groups in total. The van der Waals surface area contributed by atoms with Gasteiger partial charge in [0.15, 0.2) is 0 Å². The summed E-state index contributed by atoms with van der Waals surface area (Å²) in [4.78, 5) is 0.236. The molecule has 0 aromatic rings. The van der Waals surface area contributed by atoms with Crippen LogP contribution >= 0.6 is 0 Å². The Morgan fingerprint density at radius 1 is 1.40 bits per heavy atom. The van der Waals surface area contributed by atoms with E-state index in [4.69, 9.17) is 5.21 Å². The van der Waals surface area contributed by atoms with Crippen LogP contribution in [0, 0.1) is 5.21 Å². The molecule has 0 aromatic carbocycles. The third-order valence-corrected chi connectivity index (χ3v) is 2.01. The van der Waals surface area contributed by atoms with E-state index >= 15 is 0 Å². The molecule has 0 aromatic heterocycles. The summed E-state index contributed by atoms with van der Waals surface area (Å²) in [6, 6.07) is 0.473. The molecule has 90 valence electrons. The molecule has 0 saturated heterocycles. The Bertz CT molecular complexity index is 195. The van der Waals surface area contributed by atoms with Crippen LogP contribution in [0.4, 0.5) is 0 Å². The Labute approximate surface area is 91.1 Å². The summed E-state index contributed by atoms with van der Waals surface area (Å²) in [6.07, 6.45) is 0.838. The molecule has 0 aliphatic rings. The number of nitrogens with zero attached hydrogens (tertiary/aromatic N) is 3. The topological polar surface area (TPSA) is 73.9 Å². The lowest BCUT2D eigenvalue weighted by Crippen LogP contribution is -2.39. The zero-order valence-electron chi connectivity index (χ0n) is 9.97. The highest BCUT2D eigenvalue weighted by molar-refractivity contribution is 4.56. The normalized spacial score (nSPS) is 12.5. The first-order chi connectivity index (χ1) is 6.99. The molecule has 0 aliphatic carbocycles. The SMILES string of the molecule is CC(C)NCCCN(C(C)C)/[N+]([O-])=N\O. The van der Waals surface area contributed by atoms with Crippen LogP contribution in [0.15, 0.2) is 5.28 Å². The molecule has 0 amide bonds. The monoisotopic (exact) mass is 218 g/mol. The van der Waals surface area contributed by atoms with Gasteiger partial charge in [0.2, 0.25) is 5.28 Å². The highest BCUT2D eigenvalue weighted by Gasteiger charge is 2.16. The van der Waals surface area contributed by atoms with Crippen molar-refractivity contribution in [3.05, 3.63) is 5.21 Å². The molecule has 6 nitrogen and oxygen atoms in total. The lowest BCUT2D eigenvalue weighted by Gasteiger charge is -2.21. The second kappa shape index (κ2) is 7.28. The Morgan fingerprint density at radius 3 is 2.40 bits per heavy atom. The fourth-order valence-corrected chi connectivity index (χ4v) is 1.22. The Kier molecular flexibility index (Phi) is 6.77. The van der Waals surface area contributed by atoms with Gasteiger partial charge in [-0.3, -0.25) is 0 Å². The lowest BCUT2D eigenvalue weighted by atomic mass is 10.3. The van der Waals surface area contributed by atoms with Crippen molar-refractivity contribution in [3.63, 3.8) is 0 Å². The molecule has 0 fully saturated rings. The summed E-state index contributed by atoms with van der Waals surface area (Å²) in [5, 5.41) is 26.8. The summed E-state index contributed by atoms with van der Waals surface area (Å²) in [5.41, 5.74) is 0. The van der Waals surface area contributed by atoms with Crippen molar-refractivity contribution in [1.29, 1.82) is 0 Å². The molecule has 0 bridgehead atoms. The van der Waals surface area contributed by atoms with Crippen LogP contribution in [0.5, 0.6) is 0 Å². The summed E-state index contributed by atoms with van der Waals surface area (Å²) in [7, 11) is 0. The molecular formula is C9H22N4O2. The molecule has 0 aliphatic heterocycles. The van der Waals surface area contributed by atoms with Gasteiger partial charge in [-0.05, 0) is 26.8 Å². The number of hydrazine groups is 1. The number of hydrogen-bond donors (Lipinski definition) is 2. The predicted octanol–water partition coefficient (Wildman–Crippen LogP) is 1.35. The van der Waals surface area contributed by atoms with Crippen LogP contribution in [0.2, 0.25) is 0 Å². The first-order valence-corrected chi connectivity index (χ1v) is 5.31. The Morgan fingerprint density at radius 2 is 2.00 bits per heavy atom. The predicted molar refractivity (Wildman–Crippen MR) is 57.4 cm³/mol. The van der Waals surface area contributed by atoms with Crippen molar-refractivity contribution >= 4 is 0 Å². The van der Waals surface area contributed by atoms with Crippen molar-refractivity contribution in [2.24, 2.45) is 5.28 Å². The van der Waals surface area contributed by atoms with Gasteiger partial charge in [0.1, 0.15) is 0 Å². The second-order valence-corrected chi connectivity index (χ2v) is 4.06. The van der Waals surface area contributed by atoms with Gasteiger partial charge < -0.3 is 15.7 Å². The van der Waals surface area contributed by atoms with Crippen LogP contribution in [0.25, 0.3) is 0 Å². The van der Waals surface area contributed by atoms with Gasteiger partial charge in [-0.1, -0.05) is 13.8 Å². The largest absolute Gasteiger partial charge is 0.569 e. The van der Waals surface area contributed by atoms with Gasteiger partial charge in [0.25, 0.3) is 0 Å². The van der Waals surface area contributed by atoms with E-state index in [-0.39, 0.29) is 11.0 Å². The molecule has 0 unspecified atom stereocenters. The van der Waals surface area contributed by atoms with E-state index < -0.39 is 0 Å². The highest BCUT2D eigenvalue weighted by atomic mass is 16.6. The van der Waals surface area contributed by atoms with E-state index in [9.17, 15) is 5.21 Å². The maximum atomic E-state index is 11.1. The Balaban J connectivity index is 3.88. The summed E-state index contributed by atoms with van der Waals surface area (Å²) in [5.74, 6) is 0. The molecule has 0 radical (unpaired) electrons. The molecule has 0 saturated carbocycles. The Hall–Kier alpha value is -1.04. The fourth-order valence-electron chi connectivity index (χ4n) is 1.22. The smallest absolute Gasteiger partial charge is 0.230 e. The van der Waals surface area contributed by atoms with Crippen LogP contribution in [-0.4, -0.2) is 40.4 Å². The molecule has 15 heavy (non-hydrogen) atoms. The minimum Gasteiger partial charge on any atom is -0.569 e. The molecule has 0 atom stereocenters. The number of nitrogens with one attached hydrogen (secondary N) is 1. The second-order valence-electron chi connectivity index (χ2n) is 4.06. The van der Waals surface area contributed by atoms with Crippen molar-refractivity contribution in [2.75, 3.05) is 13.1 Å². The summed E-state index contributed by atoms with van der Waals surface area (Å²) >= 11 is 0. The zero-order valence-corrected chi connectivity index (χ0v) is 9.97. The molecule has 0 rings (SSSR count). The van der Waals surface area contributed by atoms with E-state index in [0.29, 0.717) is 12.6 Å². The average Bonchev–Trinajstić information content (AvgIpc) is 2.15. The van der Waals surface area contributed by atoms with Crippen molar-refractivity contribution in [1.82, 2.24) is 10.3 Å². The van der Waals surface area contributed by atoms with Crippen LogP contribution in [0.1, 0.15) is 34.1 Å². The number of hydrogen-bond acceptors (Lipinski definition) is 3. The average molecular weight is 218 g/mol. The van der Waals surface area contributed by atoms with Crippen molar-refractivity contribution in [2.45, 2.75) is 46.2 Å². The van der Waals surface area contributed by atoms with E-state index in [1.54, 1.807) is 0 Å². The van der Waals surface area contributed by atoms with E-state index in [1.807, 2.05) is 13.8 Å². The first-order valence-electron chi connectivity index (χ1n) is 5.31. The third kappa shape index (κ3) is 6.11. The lowest BCUT2D eigenvalue weighted by molar-refractivity contribution is -0.716. The van der Waals surface area contributed by atoms with E-state index in [1.165, 1.54) is 5.01 Å². The van der Waals surface area contributed by atoms with Crippen molar-refractivity contribution in [3.8, 4) is 0 Å². The van der Waals surface area contributed by atoms with Gasteiger partial charge in [-0.15, -0.1) is 5.01 Å². The fraction of sp³-hybridized carbons (Fsp3) is 1.00. The number of rotatable bonds is 7. The van der Waals surface area contributed by atoms with Crippen molar-refractivity contribution < 1.29 is 10.2 Å². The highest BCUT2D eigenvalue weighted by Crippen LogP contribution is 2.00. The molecule has 0 heterocycles. The summed E-state index contributed by atoms with van der Waals surface area (Å²) < 4.78 is 0. The van der Waals surface area contributed by atoms with Gasteiger partial charge in [0.05, 0.1) is 17.6 Å². The molecular weight excluding hydrogens is 196 g/mol.